The largest absolute Gasteiger partial charge is 0.376 e. The molecule has 26 atom stereocenters. The Bertz CT molecular complexity index is 2430. The summed E-state index contributed by atoms with van der Waals surface area (Å²) in [6.07, 6.45) is 76.2. The zero-order valence-corrected chi connectivity index (χ0v) is 59.4. The van der Waals surface area contributed by atoms with Gasteiger partial charge in [-0.1, -0.05) is 188 Å². The molecule has 0 N–H and O–H groups in total. The number of rotatable bonds is 7. The maximum atomic E-state index is 8.69. The Morgan fingerprint density at radius 1 is 0.297 bits per heavy atom. The Labute approximate surface area is 560 Å². The molecule has 0 bridgehead atoms. The van der Waals surface area contributed by atoms with Crippen LogP contribution in [0.1, 0.15) is 335 Å². The predicted molar refractivity (Wildman–Crippen MR) is 380 cm³/mol. The van der Waals surface area contributed by atoms with Gasteiger partial charge in [0.05, 0.1) is 12.2 Å². The summed E-state index contributed by atoms with van der Waals surface area (Å²) in [6, 6.07) is 9.79. The van der Waals surface area contributed by atoms with E-state index in [1.165, 1.54) is 212 Å². The van der Waals surface area contributed by atoms with Crippen LogP contribution in [0.2, 0.25) is 34.9 Å². The van der Waals surface area contributed by atoms with Crippen molar-refractivity contribution in [1.82, 2.24) is 19.6 Å². The van der Waals surface area contributed by atoms with Crippen LogP contribution in [0.4, 0.5) is 0 Å². The quantitative estimate of drug-likeness (QED) is 0.236. The van der Waals surface area contributed by atoms with E-state index in [1.54, 1.807) is 103 Å². The molecule has 0 amide bonds. The first-order valence-electron chi connectivity index (χ1n) is 43.6. The van der Waals surface area contributed by atoms with Gasteiger partial charge in [0.2, 0.25) is 0 Å². The lowest BCUT2D eigenvalue weighted by Crippen LogP contribution is -2.76. The van der Waals surface area contributed by atoms with Crippen LogP contribution in [0.5, 0.6) is 0 Å². The Kier molecular flexibility index (Phi) is 17.4. The first-order valence-corrected chi connectivity index (χ1v) is 43.6. The normalized spacial score (nSPS) is 50.5. The molecule has 506 valence electrons. The van der Waals surface area contributed by atoms with Crippen molar-refractivity contribution in [1.29, 1.82) is 0 Å². The van der Waals surface area contributed by atoms with Crippen LogP contribution in [0.3, 0.4) is 0 Å². The SMILES string of the molecule is CC(C)(C)[C@H]1C[C@@H]2C3B(C4C[C@@H]5B6C7CCC([C@@H]8CCC9C%10C(CCCC%108)[C@H]8CCCC%10CCC[C@@H]9C%108)CC7N(C7CCCCC7)C7CC(N(C8CCCCC8)C8CCCCC8)CC(OC5CC4N2C2CCCCC2)C67)C2CCCCC2N(C2CCCCC2)[C@H]3C1. The lowest BCUT2D eigenvalue weighted by atomic mass is 9.14. The van der Waals surface area contributed by atoms with Gasteiger partial charge >= 0.3 is 0 Å². The molecule has 7 heteroatoms. The fourth-order valence-electron chi connectivity index (χ4n) is 33.5. The van der Waals surface area contributed by atoms with Crippen molar-refractivity contribution in [3.8, 4) is 0 Å². The van der Waals surface area contributed by atoms with Gasteiger partial charge in [0.25, 0.3) is 0 Å². The highest BCUT2D eigenvalue weighted by atomic mass is 16.5. The van der Waals surface area contributed by atoms with Gasteiger partial charge in [-0.25, -0.2) is 0 Å². The van der Waals surface area contributed by atoms with Crippen LogP contribution >= 0.6 is 0 Å². The van der Waals surface area contributed by atoms with Crippen molar-refractivity contribution in [3.63, 3.8) is 0 Å². The Morgan fingerprint density at radius 2 is 0.769 bits per heavy atom. The van der Waals surface area contributed by atoms with Gasteiger partial charge in [0.15, 0.2) is 13.4 Å². The lowest BCUT2D eigenvalue weighted by Gasteiger charge is -2.72. The molecule has 4 heterocycles. The van der Waals surface area contributed by atoms with E-state index in [2.05, 4.69) is 40.4 Å². The molecule has 0 spiro atoms. The second-order valence-corrected chi connectivity index (χ2v) is 40.1. The molecular weight excluding hydrogens is 1100 g/mol. The molecule has 91 heavy (non-hydrogen) atoms. The number of fused-ring (bicyclic) bond motifs is 10. The van der Waals surface area contributed by atoms with E-state index in [4.69, 9.17) is 4.74 Å². The summed E-state index contributed by atoms with van der Waals surface area (Å²) in [7, 11) is 0. The van der Waals surface area contributed by atoms with Crippen molar-refractivity contribution in [2.75, 3.05) is 0 Å². The summed E-state index contributed by atoms with van der Waals surface area (Å²) < 4.78 is 8.69. The molecule has 0 aromatic carbocycles. The average Bonchev–Trinajstić information content (AvgIpc) is 0.709. The van der Waals surface area contributed by atoms with Gasteiger partial charge in [0.1, 0.15) is 0 Å². The fraction of sp³-hybridized carbons (Fsp3) is 1.00. The van der Waals surface area contributed by atoms with Gasteiger partial charge in [-0.15, -0.1) is 0 Å². The second kappa shape index (κ2) is 25.5. The molecule has 0 radical (unpaired) electrons. The molecule has 15 aliphatic carbocycles. The summed E-state index contributed by atoms with van der Waals surface area (Å²) in [5.41, 5.74) is 0.376. The first kappa shape index (κ1) is 62.0. The maximum Gasteiger partial charge on any atom is 0.159 e. The predicted octanol–water partition coefficient (Wildman–Crippen LogP) is 20.8. The molecule has 19 unspecified atom stereocenters. The van der Waals surface area contributed by atoms with Crippen LogP contribution < -0.4 is 0 Å². The van der Waals surface area contributed by atoms with E-state index < -0.39 is 0 Å². The second-order valence-electron chi connectivity index (χ2n) is 40.1. The van der Waals surface area contributed by atoms with E-state index >= 15 is 0 Å². The molecule has 0 aromatic rings. The summed E-state index contributed by atoms with van der Waals surface area (Å²) >= 11 is 0. The highest BCUT2D eigenvalue weighted by Gasteiger charge is 2.71. The van der Waals surface area contributed by atoms with E-state index in [-0.39, 0.29) is 0 Å². The van der Waals surface area contributed by atoms with Gasteiger partial charge in [-0.05, 0) is 253 Å². The fourth-order valence-corrected chi connectivity index (χ4v) is 33.5. The summed E-state index contributed by atoms with van der Waals surface area (Å²) in [5, 5.41) is 0. The van der Waals surface area contributed by atoms with Crippen LogP contribution in [0.25, 0.3) is 0 Å². The van der Waals surface area contributed by atoms with Crippen LogP contribution in [0, 0.1) is 70.5 Å². The Morgan fingerprint density at radius 3 is 1.37 bits per heavy atom. The molecule has 0 aromatic heterocycles. The van der Waals surface area contributed by atoms with Crippen molar-refractivity contribution in [2.45, 2.75) is 455 Å². The summed E-state index contributed by atoms with van der Waals surface area (Å²) in [5.74, 6) is 17.0. The highest BCUT2D eigenvalue weighted by molar-refractivity contribution is 6.67. The van der Waals surface area contributed by atoms with Crippen LogP contribution in [0.15, 0.2) is 0 Å². The van der Waals surface area contributed by atoms with Crippen molar-refractivity contribution >= 4 is 13.4 Å². The van der Waals surface area contributed by atoms with E-state index in [9.17, 15) is 0 Å². The Balaban J connectivity index is 0.716. The highest BCUT2D eigenvalue weighted by Crippen LogP contribution is 2.71. The number of ether oxygens (including phenoxy) is 1. The summed E-state index contributed by atoms with van der Waals surface area (Å²) in [6.45, 7) is 9.99. The third kappa shape index (κ3) is 10.5. The summed E-state index contributed by atoms with van der Waals surface area (Å²) in [4.78, 5) is 14.2. The molecule has 19 fully saturated rings. The van der Waals surface area contributed by atoms with Crippen molar-refractivity contribution in [3.05, 3.63) is 0 Å². The maximum absolute atomic E-state index is 8.69. The third-order valence-corrected chi connectivity index (χ3v) is 36.1. The van der Waals surface area contributed by atoms with Crippen LogP contribution in [-0.2, 0) is 4.74 Å². The first-order chi connectivity index (χ1) is 44.8. The molecular formula is C84H138B2N4O. The molecule has 4 aliphatic heterocycles. The zero-order chi connectivity index (χ0) is 60.2. The smallest absolute Gasteiger partial charge is 0.159 e. The van der Waals surface area contributed by atoms with Gasteiger partial charge in [-0.2, -0.15) is 0 Å². The zero-order valence-electron chi connectivity index (χ0n) is 59.4. The monoisotopic (exact) mass is 1240 g/mol. The molecule has 5 nitrogen and oxygen atoms in total. The minimum Gasteiger partial charge on any atom is -0.376 e. The molecule has 4 saturated heterocycles. The van der Waals surface area contributed by atoms with E-state index in [0.29, 0.717) is 17.6 Å². The van der Waals surface area contributed by atoms with Crippen LogP contribution in [-0.4, -0.2) is 118 Å². The Hall–Kier alpha value is -0.0701. The van der Waals surface area contributed by atoms with Gasteiger partial charge < -0.3 is 4.74 Å². The number of nitrogens with zero attached hydrogens (tertiary/aromatic N) is 4. The topological polar surface area (TPSA) is 22.2 Å². The number of hydrogen-bond acceptors (Lipinski definition) is 5. The van der Waals surface area contributed by atoms with Gasteiger partial charge in [0, 0.05) is 72.5 Å². The van der Waals surface area contributed by atoms with E-state index in [1.807, 2.05) is 0 Å². The van der Waals surface area contributed by atoms with Crippen molar-refractivity contribution in [2.24, 2.45) is 70.5 Å². The third-order valence-electron chi connectivity index (χ3n) is 36.1. The molecule has 19 aliphatic rings. The number of hydrogen-bond donors (Lipinski definition) is 0. The minimum absolute atomic E-state index is 0.376. The lowest BCUT2D eigenvalue weighted by molar-refractivity contribution is -0.160. The molecule has 19 rings (SSSR count). The van der Waals surface area contributed by atoms with E-state index in [0.717, 1.165) is 186 Å². The average molecular weight is 1240 g/mol. The minimum atomic E-state index is 0.376. The van der Waals surface area contributed by atoms with Crippen molar-refractivity contribution < 1.29 is 4.74 Å². The molecule has 15 saturated carbocycles. The van der Waals surface area contributed by atoms with Gasteiger partial charge in [-0.3, -0.25) is 19.6 Å². The standard InChI is InChI=1S/C84H138B2N4O/c1-84(2,3)55-47-75-82-76(48-55)90(60-34-17-8-18-35-60)74-52-78-71(51-70(74)85(82)68-40-19-20-41-72(68)88(75)58-30-13-6-14-31-58)86-69-45-42-54(62-43-44-67-65-37-22-25-53-24-21-36-64(80(53)65)66-39-23-38-63(62)81(66)67)46-73(69)89(59-32-15-7-16-33-59)77-49-61(50-79(91-78)83(77)86)87(56-26-9-4-10-27-56)57-28-11-5-12-29-57/h53-83H,4-52H2,1-3H3/t53?,54?,55-,61?,62+,63?,64-,65+,66?,67?,68?,69?,70?,71+,72?,73?,74?,75+,76-,77?,78?,79?,80?,81?,82?,83?/m1/s1.